The number of aromatic amines is 1. The summed E-state index contributed by atoms with van der Waals surface area (Å²) >= 11 is 5.72. The molecule has 1 aliphatic heterocycles. The van der Waals surface area contributed by atoms with Crippen LogP contribution < -0.4 is 16.0 Å². The van der Waals surface area contributed by atoms with Crippen LogP contribution in [0, 0.1) is 0 Å². The van der Waals surface area contributed by atoms with Gasteiger partial charge in [0.15, 0.2) is 0 Å². The molecule has 1 aliphatic rings. The molecular weight excluding hydrogens is 268 g/mol. The van der Waals surface area contributed by atoms with Gasteiger partial charge in [-0.25, -0.2) is 4.79 Å². The second-order valence-electron chi connectivity index (χ2n) is 4.44. The number of aromatic nitrogens is 2. The zero-order valence-corrected chi connectivity index (χ0v) is 10.7. The van der Waals surface area contributed by atoms with E-state index >= 15 is 0 Å². The van der Waals surface area contributed by atoms with Gasteiger partial charge in [-0.3, -0.25) is 14.3 Å². The van der Waals surface area contributed by atoms with E-state index in [1.165, 1.54) is 10.8 Å². The van der Waals surface area contributed by atoms with Crippen molar-refractivity contribution >= 4 is 11.6 Å². The molecule has 1 atom stereocenters. The molecule has 0 bridgehead atoms. The number of hydrogen-bond donors (Lipinski definition) is 1. The summed E-state index contributed by atoms with van der Waals surface area (Å²) < 4.78 is 7.10. The lowest BCUT2D eigenvalue weighted by atomic mass is 10.1. The van der Waals surface area contributed by atoms with Crippen LogP contribution in [0.3, 0.4) is 0 Å². The van der Waals surface area contributed by atoms with Gasteiger partial charge in [-0.1, -0.05) is 29.8 Å². The van der Waals surface area contributed by atoms with Crippen LogP contribution >= 0.6 is 11.6 Å². The number of rotatable bonds is 2. The molecule has 1 aromatic heterocycles. The molecule has 19 heavy (non-hydrogen) atoms. The van der Waals surface area contributed by atoms with Gasteiger partial charge in [-0.15, -0.1) is 0 Å². The first-order valence-corrected chi connectivity index (χ1v) is 6.25. The van der Waals surface area contributed by atoms with Gasteiger partial charge in [0.1, 0.15) is 16.9 Å². The third kappa shape index (κ3) is 2.29. The van der Waals surface area contributed by atoms with Gasteiger partial charge in [-0.05, 0) is 11.6 Å². The lowest BCUT2D eigenvalue weighted by molar-refractivity contribution is 0.206. The highest BCUT2D eigenvalue weighted by Crippen LogP contribution is 2.28. The number of hydrogen-bond acceptors (Lipinski definition) is 3. The SMILES string of the molecule is O=c1[nH]c(=O)n(C[C@H]2Cc3ccccc3O2)cc1Cl. The highest BCUT2D eigenvalue weighted by atomic mass is 35.5. The summed E-state index contributed by atoms with van der Waals surface area (Å²) in [6.45, 7) is 0.351. The first-order valence-electron chi connectivity index (χ1n) is 5.87. The van der Waals surface area contributed by atoms with Crippen LogP contribution in [0.25, 0.3) is 0 Å². The van der Waals surface area contributed by atoms with Crippen molar-refractivity contribution in [3.05, 3.63) is 61.9 Å². The fourth-order valence-corrected chi connectivity index (χ4v) is 2.36. The summed E-state index contributed by atoms with van der Waals surface area (Å²) in [7, 11) is 0. The second-order valence-corrected chi connectivity index (χ2v) is 4.85. The Morgan fingerprint density at radius 2 is 2.16 bits per heavy atom. The maximum Gasteiger partial charge on any atom is 0.328 e. The molecule has 0 saturated heterocycles. The van der Waals surface area contributed by atoms with Crippen molar-refractivity contribution in [1.82, 2.24) is 9.55 Å². The summed E-state index contributed by atoms with van der Waals surface area (Å²) in [4.78, 5) is 25.0. The van der Waals surface area contributed by atoms with Crippen LogP contribution in [0.2, 0.25) is 5.02 Å². The summed E-state index contributed by atoms with van der Waals surface area (Å²) in [6, 6.07) is 7.76. The molecule has 0 fully saturated rings. The Hall–Kier alpha value is -2.01. The number of fused-ring (bicyclic) bond motifs is 1. The summed E-state index contributed by atoms with van der Waals surface area (Å²) in [6.07, 6.45) is 1.95. The Labute approximate surface area is 113 Å². The predicted octanol–water partition coefficient (Wildman–Crippen LogP) is 1.19. The number of benzene rings is 1. The number of ether oxygens (including phenoxy) is 1. The van der Waals surface area contributed by atoms with Crippen molar-refractivity contribution in [2.45, 2.75) is 19.1 Å². The van der Waals surface area contributed by atoms with E-state index in [-0.39, 0.29) is 11.1 Å². The molecule has 1 aromatic carbocycles. The largest absolute Gasteiger partial charge is 0.488 e. The van der Waals surface area contributed by atoms with E-state index in [1.807, 2.05) is 24.3 Å². The average Bonchev–Trinajstić information content (AvgIpc) is 2.78. The minimum atomic E-state index is -0.571. The lowest BCUT2D eigenvalue weighted by Gasteiger charge is -2.12. The van der Waals surface area contributed by atoms with Crippen LogP contribution in [0.4, 0.5) is 0 Å². The minimum Gasteiger partial charge on any atom is -0.488 e. The maximum atomic E-state index is 11.6. The van der Waals surface area contributed by atoms with Crippen molar-refractivity contribution in [1.29, 1.82) is 0 Å². The number of nitrogens with one attached hydrogen (secondary N) is 1. The van der Waals surface area contributed by atoms with Crippen LogP contribution in [0.5, 0.6) is 5.75 Å². The smallest absolute Gasteiger partial charge is 0.328 e. The molecule has 2 heterocycles. The highest BCUT2D eigenvalue weighted by Gasteiger charge is 2.23. The topological polar surface area (TPSA) is 64.1 Å². The van der Waals surface area contributed by atoms with Crippen molar-refractivity contribution in [3.63, 3.8) is 0 Å². The normalized spacial score (nSPS) is 17.0. The van der Waals surface area contributed by atoms with Crippen LogP contribution in [0.15, 0.2) is 40.1 Å². The molecular formula is C13H11ClN2O3. The molecule has 98 valence electrons. The fraction of sp³-hybridized carbons (Fsp3) is 0.231. The number of H-pyrrole nitrogens is 1. The van der Waals surface area contributed by atoms with Gasteiger partial charge < -0.3 is 4.74 Å². The second kappa shape index (κ2) is 4.59. The van der Waals surface area contributed by atoms with Gasteiger partial charge in [-0.2, -0.15) is 0 Å². The summed E-state index contributed by atoms with van der Waals surface area (Å²) in [5.41, 5.74) is 0.0727. The van der Waals surface area contributed by atoms with E-state index in [0.717, 1.165) is 17.7 Å². The van der Waals surface area contributed by atoms with Gasteiger partial charge >= 0.3 is 5.69 Å². The van der Waals surface area contributed by atoms with E-state index in [1.54, 1.807) is 0 Å². The van der Waals surface area contributed by atoms with Crippen molar-refractivity contribution in [2.24, 2.45) is 0 Å². The van der Waals surface area contributed by atoms with Gasteiger partial charge in [0, 0.05) is 12.6 Å². The molecule has 5 nitrogen and oxygen atoms in total. The van der Waals surface area contributed by atoms with Crippen LogP contribution in [0.1, 0.15) is 5.56 Å². The molecule has 3 rings (SSSR count). The Morgan fingerprint density at radius 3 is 2.95 bits per heavy atom. The van der Waals surface area contributed by atoms with Crippen molar-refractivity contribution in [2.75, 3.05) is 0 Å². The molecule has 0 unspecified atom stereocenters. The van der Waals surface area contributed by atoms with Gasteiger partial charge in [0.05, 0.1) is 6.54 Å². The fourth-order valence-electron chi connectivity index (χ4n) is 2.19. The van der Waals surface area contributed by atoms with Crippen LogP contribution in [-0.4, -0.2) is 15.7 Å². The quantitative estimate of drug-likeness (QED) is 0.898. The van der Waals surface area contributed by atoms with E-state index in [9.17, 15) is 9.59 Å². The first kappa shape index (κ1) is 12.0. The molecule has 1 N–H and O–H groups in total. The monoisotopic (exact) mass is 278 g/mol. The zero-order valence-electron chi connectivity index (χ0n) is 9.93. The molecule has 0 spiro atoms. The standard InChI is InChI=1S/C13H11ClN2O3/c14-10-7-16(13(18)15-12(10)17)6-9-5-8-3-1-2-4-11(8)19-9/h1-4,7,9H,5-6H2,(H,15,17,18)/t9-/m1/s1. The molecule has 6 heteroatoms. The highest BCUT2D eigenvalue weighted by molar-refractivity contribution is 6.30. The molecule has 0 radical (unpaired) electrons. The van der Waals surface area contributed by atoms with E-state index in [4.69, 9.17) is 16.3 Å². The zero-order chi connectivity index (χ0) is 13.4. The molecule has 0 saturated carbocycles. The number of nitrogens with zero attached hydrogens (tertiary/aromatic N) is 1. The molecule has 2 aromatic rings. The maximum absolute atomic E-state index is 11.6. The Balaban J connectivity index is 1.83. The third-order valence-corrected chi connectivity index (χ3v) is 3.35. The first-order chi connectivity index (χ1) is 9.13. The van der Waals surface area contributed by atoms with E-state index < -0.39 is 11.2 Å². The predicted molar refractivity (Wildman–Crippen MR) is 70.9 cm³/mol. The Bertz CT molecular complexity index is 710. The summed E-state index contributed by atoms with van der Waals surface area (Å²) in [5.74, 6) is 0.844. The van der Waals surface area contributed by atoms with Gasteiger partial charge in [0.2, 0.25) is 0 Å². The Kier molecular flexibility index (Phi) is 2.91. The summed E-state index contributed by atoms with van der Waals surface area (Å²) in [5, 5.41) is -0.00453. The van der Waals surface area contributed by atoms with Crippen molar-refractivity contribution in [3.8, 4) is 5.75 Å². The number of para-hydroxylation sites is 1. The van der Waals surface area contributed by atoms with Crippen LogP contribution in [-0.2, 0) is 13.0 Å². The average molecular weight is 279 g/mol. The van der Waals surface area contributed by atoms with Gasteiger partial charge in [0.25, 0.3) is 5.56 Å². The Morgan fingerprint density at radius 1 is 1.37 bits per heavy atom. The lowest BCUT2D eigenvalue weighted by Crippen LogP contribution is -2.34. The van der Waals surface area contributed by atoms with E-state index in [0.29, 0.717) is 6.54 Å². The molecule has 0 aliphatic carbocycles. The third-order valence-electron chi connectivity index (χ3n) is 3.08. The molecule has 0 amide bonds. The van der Waals surface area contributed by atoms with E-state index in [2.05, 4.69) is 4.98 Å². The minimum absolute atomic E-state index is 0.00453. The van der Waals surface area contributed by atoms with Crippen molar-refractivity contribution < 1.29 is 4.74 Å². The number of halogens is 1.